The molecule has 0 N–H and O–H groups in total. The number of carbonyl (C=O) groups excluding carboxylic acids is 1. The molecule has 0 fully saturated rings. The number of carbonyl (C=O) groups is 1. The van der Waals surface area contributed by atoms with E-state index in [0.29, 0.717) is 12.2 Å². The topological polar surface area (TPSA) is 57.0 Å². The lowest BCUT2D eigenvalue weighted by molar-refractivity contribution is 0.0857. The van der Waals surface area contributed by atoms with Crippen molar-refractivity contribution in [2.45, 2.75) is 39.2 Å². The van der Waals surface area contributed by atoms with Gasteiger partial charge in [-0.05, 0) is 25.8 Å². The minimum atomic E-state index is -0.285. The van der Waals surface area contributed by atoms with Crippen LogP contribution in [0.1, 0.15) is 43.5 Å². The van der Waals surface area contributed by atoms with E-state index in [1.165, 1.54) is 4.68 Å². The summed E-state index contributed by atoms with van der Waals surface area (Å²) in [6, 6.07) is 19.6. The SMILES string of the molecule is CCC(C(=O)n1nc(OC(C)C)nc1-c1ccccc1)c1ccccc1. The van der Waals surface area contributed by atoms with Crippen molar-refractivity contribution >= 4 is 5.91 Å². The molecule has 5 heteroatoms. The summed E-state index contributed by atoms with van der Waals surface area (Å²) in [5.74, 6) is 0.108. The van der Waals surface area contributed by atoms with Gasteiger partial charge in [-0.3, -0.25) is 4.79 Å². The van der Waals surface area contributed by atoms with Gasteiger partial charge in [-0.15, -0.1) is 5.10 Å². The van der Waals surface area contributed by atoms with Gasteiger partial charge in [0.15, 0.2) is 5.82 Å². The van der Waals surface area contributed by atoms with Crippen LogP contribution in [0.2, 0.25) is 0 Å². The third-order valence-corrected chi connectivity index (χ3v) is 4.08. The quantitative estimate of drug-likeness (QED) is 0.654. The van der Waals surface area contributed by atoms with Gasteiger partial charge in [0.05, 0.1) is 12.0 Å². The summed E-state index contributed by atoms with van der Waals surface area (Å²) in [5, 5.41) is 4.35. The summed E-state index contributed by atoms with van der Waals surface area (Å²) in [6.07, 6.45) is 0.609. The normalized spacial score (nSPS) is 12.2. The van der Waals surface area contributed by atoms with Crippen molar-refractivity contribution in [2.24, 2.45) is 0 Å². The van der Waals surface area contributed by atoms with Crippen LogP contribution in [0.3, 0.4) is 0 Å². The summed E-state index contributed by atoms with van der Waals surface area (Å²) in [7, 11) is 0. The summed E-state index contributed by atoms with van der Waals surface area (Å²) < 4.78 is 7.01. The molecule has 0 saturated heterocycles. The number of hydrogen-bond donors (Lipinski definition) is 0. The Bertz CT molecular complexity index is 857. The monoisotopic (exact) mass is 349 g/mol. The molecule has 0 bridgehead atoms. The lowest BCUT2D eigenvalue weighted by Gasteiger charge is -2.15. The van der Waals surface area contributed by atoms with Crippen molar-refractivity contribution in [1.29, 1.82) is 0 Å². The molecular weight excluding hydrogens is 326 g/mol. The van der Waals surface area contributed by atoms with E-state index in [4.69, 9.17) is 4.74 Å². The molecule has 1 atom stereocenters. The predicted molar refractivity (Wildman–Crippen MR) is 101 cm³/mol. The fourth-order valence-electron chi connectivity index (χ4n) is 2.87. The van der Waals surface area contributed by atoms with E-state index in [2.05, 4.69) is 10.1 Å². The van der Waals surface area contributed by atoms with Crippen molar-refractivity contribution < 1.29 is 9.53 Å². The number of nitrogens with zero attached hydrogens (tertiary/aromatic N) is 3. The maximum Gasteiger partial charge on any atom is 0.336 e. The number of benzene rings is 2. The smallest absolute Gasteiger partial charge is 0.336 e. The van der Waals surface area contributed by atoms with E-state index in [1.807, 2.05) is 81.4 Å². The number of hydrogen-bond acceptors (Lipinski definition) is 4. The first-order valence-electron chi connectivity index (χ1n) is 8.88. The van der Waals surface area contributed by atoms with Gasteiger partial charge in [0, 0.05) is 5.56 Å². The molecule has 0 spiro atoms. The van der Waals surface area contributed by atoms with Gasteiger partial charge < -0.3 is 4.74 Å². The van der Waals surface area contributed by atoms with Gasteiger partial charge >= 0.3 is 6.01 Å². The van der Waals surface area contributed by atoms with Gasteiger partial charge in [-0.1, -0.05) is 67.6 Å². The highest BCUT2D eigenvalue weighted by Gasteiger charge is 2.26. The Hall–Kier alpha value is -2.95. The standard InChI is InChI=1S/C21H23N3O2/c1-4-18(16-11-7-5-8-12-16)20(25)24-19(17-13-9-6-10-14-17)22-21(23-24)26-15(2)3/h5-15,18H,4H2,1-3H3. The molecule has 0 amide bonds. The summed E-state index contributed by atoms with van der Waals surface area (Å²) in [6.45, 7) is 5.81. The molecule has 0 aliphatic carbocycles. The maximum absolute atomic E-state index is 13.3. The lowest BCUT2D eigenvalue weighted by atomic mass is 9.95. The van der Waals surface area contributed by atoms with Crippen molar-refractivity contribution in [1.82, 2.24) is 14.8 Å². The zero-order valence-electron chi connectivity index (χ0n) is 15.3. The van der Waals surface area contributed by atoms with Crippen LogP contribution in [0.5, 0.6) is 6.01 Å². The van der Waals surface area contributed by atoms with E-state index in [0.717, 1.165) is 11.1 Å². The van der Waals surface area contributed by atoms with E-state index in [1.54, 1.807) is 0 Å². The van der Waals surface area contributed by atoms with Crippen molar-refractivity contribution in [3.8, 4) is 17.4 Å². The molecule has 3 aromatic rings. The van der Waals surface area contributed by atoms with Crippen LogP contribution in [-0.4, -0.2) is 26.8 Å². The Labute approximate surface area is 153 Å². The molecular formula is C21H23N3O2. The van der Waals surface area contributed by atoms with Crippen molar-refractivity contribution in [2.75, 3.05) is 0 Å². The fraction of sp³-hybridized carbons (Fsp3) is 0.286. The van der Waals surface area contributed by atoms with Crippen LogP contribution in [0.15, 0.2) is 60.7 Å². The first-order chi connectivity index (χ1) is 12.6. The van der Waals surface area contributed by atoms with E-state index >= 15 is 0 Å². The Morgan fingerprint density at radius 2 is 1.65 bits per heavy atom. The highest BCUT2D eigenvalue weighted by Crippen LogP contribution is 2.26. The first-order valence-corrected chi connectivity index (χ1v) is 8.88. The lowest BCUT2D eigenvalue weighted by Crippen LogP contribution is -2.22. The first kappa shape index (κ1) is 17.9. The second-order valence-corrected chi connectivity index (χ2v) is 6.37. The zero-order chi connectivity index (χ0) is 18.5. The third kappa shape index (κ3) is 3.82. The Morgan fingerprint density at radius 1 is 1.04 bits per heavy atom. The zero-order valence-corrected chi connectivity index (χ0v) is 15.3. The highest BCUT2D eigenvalue weighted by molar-refractivity contribution is 5.88. The van der Waals surface area contributed by atoms with Gasteiger partial charge in [-0.2, -0.15) is 9.67 Å². The van der Waals surface area contributed by atoms with Crippen LogP contribution in [0.4, 0.5) is 0 Å². The second kappa shape index (κ2) is 7.95. The van der Waals surface area contributed by atoms with Crippen LogP contribution in [0, 0.1) is 0 Å². The minimum absolute atomic E-state index is 0.0688. The van der Waals surface area contributed by atoms with Crippen LogP contribution >= 0.6 is 0 Å². The molecule has 3 rings (SSSR count). The van der Waals surface area contributed by atoms with E-state index in [-0.39, 0.29) is 23.9 Å². The highest BCUT2D eigenvalue weighted by atomic mass is 16.5. The largest absolute Gasteiger partial charge is 0.460 e. The molecule has 26 heavy (non-hydrogen) atoms. The van der Waals surface area contributed by atoms with Gasteiger partial charge in [-0.25, -0.2) is 0 Å². The predicted octanol–water partition coefficient (Wildman–Crippen LogP) is 4.57. The van der Waals surface area contributed by atoms with Gasteiger partial charge in [0.1, 0.15) is 0 Å². The van der Waals surface area contributed by atoms with Gasteiger partial charge in [0.25, 0.3) is 5.91 Å². The van der Waals surface area contributed by atoms with Gasteiger partial charge in [0.2, 0.25) is 0 Å². The average Bonchev–Trinajstić information content (AvgIpc) is 3.07. The molecule has 5 nitrogen and oxygen atoms in total. The molecule has 1 aromatic heterocycles. The molecule has 0 saturated carbocycles. The molecule has 1 unspecified atom stereocenters. The average molecular weight is 349 g/mol. The van der Waals surface area contributed by atoms with E-state index in [9.17, 15) is 4.79 Å². The maximum atomic E-state index is 13.3. The fourth-order valence-corrected chi connectivity index (χ4v) is 2.87. The minimum Gasteiger partial charge on any atom is -0.460 e. The Kier molecular flexibility index (Phi) is 5.46. The second-order valence-electron chi connectivity index (χ2n) is 6.37. The third-order valence-electron chi connectivity index (χ3n) is 4.08. The Morgan fingerprint density at radius 3 is 2.23 bits per heavy atom. The number of aromatic nitrogens is 3. The number of ether oxygens (including phenoxy) is 1. The van der Waals surface area contributed by atoms with Crippen molar-refractivity contribution in [3.05, 3.63) is 66.2 Å². The summed E-state index contributed by atoms with van der Waals surface area (Å²) >= 11 is 0. The Balaban J connectivity index is 2.04. The van der Waals surface area contributed by atoms with Crippen LogP contribution in [0.25, 0.3) is 11.4 Å². The number of rotatable bonds is 6. The summed E-state index contributed by atoms with van der Waals surface area (Å²) in [5.41, 5.74) is 1.80. The molecule has 134 valence electrons. The van der Waals surface area contributed by atoms with Crippen LogP contribution in [-0.2, 0) is 0 Å². The molecule has 2 aromatic carbocycles. The van der Waals surface area contributed by atoms with Crippen molar-refractivity contribution in [3.63, 3.8) is 0 Å². The molecule has 0 aliphatic rings. The van der Waals surface area contributed by atoms with E-state index < -0.39 is 0 Å². The molecule has 1 heterocycles. The van der Waals surface area contributed by atoms with Crippen LogP contribution < -0.4 is 4.74 Å². The molecule has 0 radical (unpaired) electrons. The summed E-state index contributed by atoms with van der Waals surface area (Å²) in [4.78, 5) is 17.7. The molecule has 0 aliphatic heterocycles.